The molecule has 3 heterocycles. The number of anilines is 1. The van der Waals surface area contributed by atoms with E-state index >= 15 is 0 Å². The summed E-state index contributed by atoms with van der Waals surface area (Å²) in [4.78, 5) is 21.6. The fourth-order valence-electron chi connectivity index (χ4n) is 4.18. The van der Waals surface area contributed by atoms with Gasteiger partial charge in [-0.3, -0.25) is 9.78 Å². The predicted molar refractivity (Wildman–Crippen MR) is 105 cm³/mol. The molecule has 0 spiro atoms. The van der Waals surface area contributed by atoms with Gasteiger partial charge in [0.15, 0.2) is 0 Å². The highest BCUT2D eigenvalue weighted by atomic mass is 35.5. The second kappa shape index (κ2) is 7.09. The summed E-state index contributed by atoms with van der Waals surface area (Å²) in [6, 6.07) is 7.69. The van der Waals surface area contributed by atoms with E-state index < -0.39 is 0 Å². The fraction of sp³-hybridized carbons (Fsp3) is 0.400. The van der Waals surface area contributed by atoms with Gasteiger partial charge in [0.05, 0.1) is 23.8 Å². The number of aromatic nitrogens is 1. The van der Waals surface area contributed by atoms with Crippen LogP contribution in [0.3, 0.4) is 0 Å². The zero-order valence-corrected chi connectivity index (χ0v) is 16.2. The lowest BCUT2D eigenvalue weighted by molar-refractivity contribution is -0.137. The Kier molecular flexibility index (Phi) is 4.80. The van der Waals surface area contributed by atoms with Crippen molar-refractivity contribution in [3.8, 4) is 0 Å². The fourth-order valence-corrected chi connectivity index (χ4v) is 4.87. The third kappa shape index (κ3) is 3.17. The summed E-state index contributed by atoms with van der Waals surface area (Å²) < 4.78 is 0. The summed E-state index contributed by atoms with van der Waals surface area (Å²) in [5.41, 5.74) is 3.28. The van der Waals surface area contributed by atoms with Gasteiger partial charge in [-0.05, 0) is 55.2 Å². The minimum absolute atomic E-state index is 0.0188. The Balaban J connectivity index is 1.51. The van der Waals surface area contributed by atoms with Crippen LogP contribution in [0, 0.1) is 5.92 Å². The van der Waals surface area contributed by atoms with Crippen molar-refractivity contribution in [1.82, 2.24) is 9.88 Å². The molecule has 26 heavy (non-hydrogen) atoms. The minimum Gasteiger partial charge on any atom is -0.369 e. The van der Waals surface area contributed by atoms with Gasteiger partial charge < -0.3 is 9.80 Å². The van der Waals surface area contributed by atoms with E-state index in [1.807, 2.05) is 29.3 Å². The number of nitrogens with zero attached hydrogens (tertiary/aromatic N) is 3. The number of rotatable bonds is 2. The largest absolute Gasteiger partial charge is 0.369 e. The van der Waals surface area contributed by atoms with E-state index in [9.17, 15) is 4.79 Å². The standard InChI is InChI=1S/C20H21Cl2N3O/c1-13-19-14(9-16(21)10-18(19)22)5-8-25(13)20(26)15-4-7-24(12-15)17-3-2-6-23-11-17/h2-3,6,9-11,13,15H,4-5,7-8,12H2,1H3. The number of carbonyl (C=O) groups excluding carboxylic acids is 1. The summed E-state index contributed by atoms with van der Waals surface area (Å²) in [5.74, 6) is 0.242. The SMILES string of the molecule is CC1c2c(Cl)cc(Cl)cc2CCN1C(=O)C1CCN(c2cccnc2)C1. The lowest BCUT2D eigenvalue weighted by atomic mass is 9.92. The molecule has 136 valence electrons. The first-order valence-corrected chi connectivity index (χ1v) is 9.73. The maximum Gasteiger partial charge on any atom is 0.228 e. The van der Waals surface area contributed by atoms with E-state index in [-0.39, 0.29) is 17.9 Å². The maximum absolute atomic E-state index is 13.2. The first-order chi connectivity index (χ1) is 12.5. The molecule has 0 N–H and O–H groups in total. The Morgan fingerprint density at radius 3 is 2.88 bits per heavy atom. The molecule has 4 rings (SSSR count). The topological polar surface area (TPSA) is 36.4 Å². The van der Waals surface area contributed by atoms with Crippen molar-refractivity contribution in [1.29, 1.82) is 0 Å². The summed E-state index contributed by atoms with van der Waals surface area (Å²) >= 11 is 12.6. The zero-order valence-electron chi connectivity index (χ0n) is 14.7. The van der Waals surface area contributed by atoms with Crippen LogP contribution in [0.4, 0.5) is 5.69 Å². The highest BCUT2D eigenvalue weighted by molar-refractivity contribution is 6.35. The van der Waals surface area contributed by atoms with Crippen molar-refractivity contribution in [3.05, 3.63) is 57.8 Å². The molecule has 2 aromatic rings. The Morgan fingerprint density at radius 2 is 2.12 bits per heavy atom. The van der Waals surface area contributed by atoms with Crippen molar-refractivity contribution in [2.75, 3.05) is 24.5 Å². The van der Waals surface area contributed by atoms with Crippen molar-refractivity contribution in [2.24, 2.45) is 5.92 Å². The Labute approximate surface area is 163 Å². The average molecular weight is 390 g/mol. The molecule has 1 aromatic carbocycles. The van der Waals surface area contributed by atoms with Crippen molar-refractivity contribution in [2.45, 2.75) is 25.8 Å². The average Bonchev–Trinajstić information content (AvgIpc) is 3.12. The molecule has 0 aliphatic carbocycles. The van der Waals surface area contributed by atoms with Crippen LogP contribution in [0.15, 0.2) is 36.7 Å². The predicted octanol–water partition coefficient (Wildman–Crippen LogP) is 4.36. The molecule has 0 bridgehead atoms. The number of hydrogen-bond donors (Lipinski definition) is 0. The van der Waals surface area contributed by atoms with Crippen LogP contribution in [0.2, 0.25) is 10.0 Å². The van der Waals surface area contributed by atoms with E-state index in [0.717, 1.165) is 42.7 Å². The van der Waals surface area contributed by atoms with Gasteiger partial charge in [0, 0.05) is 35.9 Å². The normalized spacial score (nSPS) is 22.4. The van der Waals surface area contributed by atoms with Gasteiger partial charge in [0.2, 0.25) is 5.91 Å². The number of fused-ring (bicyclic) bond motifs is 1. The lowest BCUT2D eigenvalue weighted by Crippen LogP contribution is -2.43. The number of carbonyl (C=O) groups is 1. The molecule has 1 fully saturated rings. The van der Waals surface area contributed by atoms with Gasteiger partial charge in [-0.1, -0.05) is 23.2 Å². The maximum atomic E-state index is 13.2. The number of pyridine rings is 1. The highest BCUT2D eigenvalue weighted by Gasteiger charge is 2.36. The van der Waals surface area contributed by atoms with E-state index in [0.29, 0.717) is 16.6 Å². The van der Waals surface area contributed by atoms with Gasteiger partial charge in [-0.25, -0.2) is 0 Å². The summed E-state index contributed by atoms with van der Waals surface area (Å²) in [7, 11) is 0. The summed E-state index contributed by atoms with van der Waals surface area (Å²) in [6.45, 7) is 4.41. The molecule has 1 aromatic heterocycles. The van der Waals surface area contributed by atoms with E-state index in [4.69, 9.17) is 23.2 Å². The molecule has 2 atom stereocenters. The third-order valence-corrected chi connectivity index (χ3v) is 6.05. The van der Waals surface area contributed by atoms with Gasteiger partial charge >= 0.3 is 0 Å². The molecule has 0 radical (unpaired) electrons. The van der Waals surface area contributed by atoms with E-state index in [1.165, 1.54) is 0 Å². The molecular formula is C20H21Cl2N3O. The molecule has 1 saturated heterocycles. The van der Waals surface area contributed by atoms with Gasteiger partial charge in [0.1, 0.15) is 0 Å². The second-order valence-electron chi connectivity index (χ2n) is 7.06. The van der Waals surface area contributed by atoms with Gasteiger partial charge in [-0.15, -0.1) is 0 Å². The summed E-state index contributed by atoms with van der Waals surface area (Å²) in [5, 5.41) is 1.31. The van der Waals surface area contributed by atoms with Crippen LogP contribution in [-0.2, 0) is 11.2 Å². The molecule has 6 heteroatoms. The Morgan fingerprint density at radius 1 is 1.27 bits per heavy atom. The molecule has 1 amide bonds. The molecule has 2 unspecified atom stereocenters. The van der Waals surface area contributed by atoms with Crippen LogP contribution in [0.5, 0.6) is 0 Å². The Hall–Kier alpha value is -1.78. The molecule has 0 saturated carbocycles. The second-order valence-corrected chi connectivity index (χ2v) is 7.90. The minimum atomic E-state index is -0.0246. The van der Waals surface area contributed by atoms with Crippen molar-refractivity contribution in [3.63, 3.8) is 0 Å². The number of hydrogen-bond acceptors (Lipinski definition) is 3. The zero-order chi connectivity index (χ0) is 18.3. The van der Waals surface area contributed by atoms with Gasteiger partial charge in [0.25, 0.3) is 0 Å². The third-order valence-electron chi connectivity index (χ3n) is 5.52. The number of benzene rings is 1. The van der Waals surface area contributed by atoms with E-state index in [1.54, 1.807) is 12.3 Å². The van der Waals surface area contributed by atoms with Crippen LogP contribution < -0.4 is 4.90 Å². The molecule has 4 nitrogen and oxygen atoms in total. The number of amides is 1. The van der Waals surface area contributed by atoms with Crippen molar-refractivity contribution >= 4 is 34.8 Å². The smallest absolute Gasteiger partial charge is 0.228 e. The van der Waals surface area contributed by atoms with Crippen LogP contribution in [0.1, 0.15) is 30.5 Å². The van der Waals surface area contributed by atoms with Crippen LogP contribution in [-0.4, -0.2) is 35.4 Å². The molecule has 2 aliphatic heterocycles. The first-order valence-electron chi connectivity index (χ1n) is 8.98. The van der Waals surface area contributed by atoms with Crippen LogP contribution in [0.25, 0.3) is 0 Å². The highest BCUT2D eigenvalue weighted by Crippen LogP contribution is 2.38. The van der Waals surface area contributed by atoms with E-state index in [2.05, 4.69) is 16.8 Å². The lowest BCUT2D eigenvalue weighted by Gasteiger charge is -2.37. The number of halogens is 2. The first kappa shape index (κ1) is 17.6. The quantitative estimate of drug-likeness (QED) is 0.765. The van der Waals surface area contributed by atoms with Gasteiger partial charge in [-0.2, -0.15) is 0 Å². The Bertz CT molecular complexity index is 827. The summed E-state index contributed by atoms with van der Waals surface area (Å²) in [6.07, 6.45) is 5.30. The molecular weight excluding hydrogens is 369 g/mol. The monoisotopic (exact) mass is 389 g/mol. The molecule has 2 aliphatic rings. The van der Waals surface area contributed by atoms with Crippen LogP contribution >= 0.6 is 23.2 Å². The van der Waals surface area contributed by atoms with Crippen molar-refractivity contribution < 1.29 is 4.79 Å².